The first-order chi connectivity index (χ1) is 7.48. The minimum atomic E-state index is 0.0249. The van der Waals surface area contributed by atoms with E-state index in [1.807, 2.05) is 41.2 Å². The monoisotopic (exact) mass is 215 g/mol. The van der Waals surface area contributed by atoms with Crippen LogP contribution >= 0.6 is 0 Å². The molecule has 1 heterocycles. The molecule has 2 rings (SSSR count). The Hall–Kier alpha value is -1.77. The van der Waals surface area contributed by atoms with Gasteiger partial charge in [0.25, 0.3) is 0 Å². The van der Waals surface area contributed by atoms with E-state index in [1.54, 1.807) is 0 Å². The Kier molecular flexibility index (Phi) is 2.46. The van der Waals surface area contributed by atoms with Crippen molar-refractivity contribution in [1.82, 2.24) is 9.78 Å². The number of para-hydroxylation sites is 1. The summed E-state index contributed by atoms with van der Waals surface area (Å²) >= 11 is 0. The third-order valence-electron chi connectivity index (χ3n) is 2.57. The second-order valence-electron chi connectivity index (χ2n) is 4.96. The number of nitrogens with two attached hydrogens (primary N) is 1. The summed E-state index contributed by atoms with van der Waals surface area (Å²) in [5.41, 5.74) is 8.07. The molecule has 0 spiro atoms. The Morgan fingerprint density at radius 1 is 1.12 bits per heavy atom. The predicted octanol–water partition coefficient (Wildman–Crippen LogP) is 2.75. The first-order valence-corrected chi connectivity index (χ1v) is 5.39. The molecule has 2 aromatic rings. The smallest absolute Gasteiger partial charge is 0.149 e. The van der Waals surface area contributed by atoms with Crippen LogP contribution in [0, 0.1) is 0 Å². The van der Waals surface area contributed by atoms with E-state index in [0.717, 1.165) is 11.3 Å². The number of anilines is 1. The van der Waals surface area contributed by atoms with Crippen LogP contribution in [0.3, 0.4) is 0 Å². The van der Waals surface area contributed by atoms with Gasteiger partial charge in [0.2, 0.25) is 0 Å². The maximum atomic E-state index is 5.93. The molecule has 84 valence electrons. The molecule has 0 fully saturated rings. The van der Waals surface area contributed by atoms with Crippen LogP contribution < -0.4 is 5.73 Å². The molecule has 1 aromatic carbocycles. The van der Waals surface area contributed by atoms with Crippen LogP contribution in [0.25, 0.3) is 5.69 Å². The van der Waals surface area contributed by atoms with Crippen molar-refractivity contribution in [3.05, 3.63) is 42.1 Å². The van der Waals surface area contributed by atoms with Gasteiger partial charge in [0.15, 0.2) is 0 Å². The Morgan fingerprint density at radius 3 is 2.25 bits per heavy atom. The lowest BCUT2D eigenvalue weighted by Crippen LogP contribution is -2.12. The maximum Gasteiger partial charge on any atom is 0.149 e. The highest BCUT2D eigenvalue weighted by Crippen LogP contribution is 2.27. The highest BCUT2D eigenvalue weighted by molar-refractivity contribution is 5.45. The average molecular weight is 215 g/mol. The summed E-state index contributed by atoms with van der Waals surface area (Å²) in [5, 5.41) is 4.34. The van der Waals surface area contributed by atoms with Crippen LogP contribution in [0.1, 0.15) is 26.3 Å². The molecule has 3 heteroatoms. The van der Waals surface area contributed by atoms with E-state index < -0.39 is 0 Å². The second-order valence-corrected chi connectivity index (χ2v) is 4.96. The number of nitrogen functional groups attached to an aromatic ring is 1. The zero-order chi connectivity index (χ0) is 11.8. The molecule has 0 saturated carbocycles. The molecule has 0 bridgehead atoms. The van der Waals surface area contributed by atoms with Gasteiger partial charge in [-0.3, -0.25) is 0 Å². The van der Waals surface area contributed by atoms with Crippen LogP contribution in [-0.4, -0.2) is 9.78 Å². The minimum absolute atomic E-state index is 0.0249. The van der Waals surface area contributed by atoms with Crippen LogP contribution in [0.2, 0.25) is 0 Å². The molecule has 0 aliphatic rings. The van der Waals surface area contributed by atoms with E-state index in [4.69, 9.17) is 5.73 Å². The Balaban J connectivity index is 2.47. The average Bonchev–Trinajstić information content (AvgIpc) is 2.61. The fourth-order valence-corrected chi connectivity index (χ4v) is 1.68. The van der Waals surface area contributed by atoms with Gasteiger partial charge in [0.1, 0.15) is 5.82 Å². The number of nitrogens with zero attached hydrogens (tertiary/aromatic N) is 2. The first-order valence-electron chi connectivity index (χ1n) is 5.39. The van der Waals surface area contributed by atoms with Gasteiger partial charge in [-0.25, -0.2) is 4.68 Å². The summed E-state index contributed by atoms with van der Waals surface area (Å²) in [6.45, 7) is 6.40. The predicted molar refractivity (Wildman–Crippen MR) is 66.7 cm³/mol. The first kappa shape index (κ1) is 10.7. The molecule has 0 saturated heterocycles. The second kappa shape index (κ2) is 3.67. The molecule has 0 unspecified atom stereocenters. The van der Waals surface area contributed by atoms with E-state index in [1.165, 1.54) is 0 Å². The van der Waals surface area contributed by atoms with Gasteiger partial charge in [-0.15, -0.1) is 0 Å². The minimum Gasteiger partial charge on any atom is -0.382 e. The third-order valence-corrected chi connectivity index (χ3v) is 2.57. The third kappa shape index (κ3) is 1.94. The van der Waals surface area contributed by atoms with Gasteiger partial charge in [0.05, 0.1) is 5.69 Å². The maximum absolute atomic E-state index is 5.93. The van der Waals surface area contributed by atoms with Crippen molar-refractivity contribution in [1.29, 1.82) is 0 Å². The van der Waals surface area contributed by atoms with Gasteiger partial charge in [-0.1, -0.05) is 39.0 Å². The number of aromatic nitrogens is 2. The number of hydrogen-bond donors (Lipinski definition) is 1. The highest BCUT2D eigenvalue weighted by atomic mass is 15.3. The summed E-state index contributed by atoms with van der Waals surface area (Å²) in [6.07, 6.45) is 2.00. The lowest BCUT2D eigenvalue weighted by Gasteiger charge is -2.16. The van der Waals surface area contributed by atoms with E-state index in [-0.39, 0.29) is 5.41 Å². The van der Waals surface area contributed by atoms with Gasteiger partial charge < -0.3 is 5.73 Å². The lowest BCUT2D eigenvalue weighted by molar-refractivity contribution is 0.592. The van der Waals surface area contributed by atoms with Crippen molar-refractivity contribution in [2.24, 2.45) is 0 Å². The van der Waals surface area contributed by atoms with Crippen LogP contribution in [0.5, 0.6) is 0 Å². The lowest BCUT2D eigenvalue weighted by atomic mass is 9.89. The summed E-state index contributed by atoms with van der Waals surface area (Å²) in [4.78, 5) is 0. The fraction of sp³-hybridized carbons (Fsp3) is 0.308. The molecule has 0 aliphatic heterocycles. The Labute approximate surface area is 95.9 Å². The molecule has 0 aliphatic carbocycles. The quantitative estimate of drug-likeness (QED) is 0.795. The number of hydrogen-bond acceptors (Lipinski definition) is 2. The summed E-state index contributed by atoms with van der Waals surface area (Å²) in [7, 11) is 0. The van der Waals surface area contributed by atoms with Crippen LogP contribution in [0.15, 0.2) is 36.5 Å². The molecule has 1 aromatic heterocycles. The molecule has 0 amide bonds. The normalized spacial score (nSPS) is 11.7. The SMILES string of the molecule is CC(C)(C)c1cn(-c2ccccc2)nc1N. The van der Waals surface area contributed by atoms with Crippen LogP contribution in [-0.2, 0) is 5.41 Å². The van der Waals surface area contributed by atoms with Gasteiger partial charge in [0, 0.05) is 11.8 Å². The Morgan fingerprint density at radius 2 is 1.75 bits per heavy atom. The van der Waals surface area contributed by atoms with E-state index in [9.17, 15) is 0 Å². The summed E-state index contributed by atoms with van der Waals surface area (Å²) < 4.78 is 1.83. The van der Waals surface area contributed by atoms with Crippen molar-refractivity contribution in [3.63, 3.8) is 0 Å². The molecule has 3 nitrogen and oxygen atoms in total. The van der Waals surface area contributed by atoms with Gasteiger partial charge >= 0.3 is 0 Å². The van der Waals surface area contributed by atoms with Gasteiger partial charge in [-0.05, 0) is 17.5 Å². The molecular formula is C13H17N3. The molecule has 16 heavy (non-hydrogen) atoms. The van der Waals surface area contributed by atoms with E-state index >= 15 is 0 Å². The van der Waals surface area contributed by atoms with Gasteiger partial charge in [-0.2, -0.15) is 5.10 Å². The zero-order valence-electron chi connectivity index (χ0n) is 9.94. The van der Waals surface area contributed by atoms with Crippen molar-refractivity contribution in [3.8, 4) is 5.69 Å². The topological polar surface area (TPSA) is 43.8 Å². The highest BCUT2D eigenvalue weighted by Gasteiger charge is 2.20. The summed E-state index contributed by atoms with van der Waals surface area (Å²) in [5.74, 6) is 0.608. The number of rotatable bonds is 1. The molecular weight excluding hydrogens is 198 g/mol. The molecule has 0 radical (unpaired) electrons. The van der Waals surface area contributed by atoms with Crippen molar-refractivity contribution in [2.45, 2.75) is 26.2 Å². The van der Waals surface area contributed by atoms with Crippen LogP contribution in [0.4, 0.5) is 5.82 Å². The van der Waals surface area contributed by atoms with Crippen molar-refractivity contribution < 1.29 is 0 Å². The standard InChI is InChI=1S/C13H17N3/c1-13(2,3)11-9-16(15-12(11)14)10-7-5-4-6-8-10/h4-9H,1-3H3,(H2,14,15). The zero-order valence-corrected chi connectivity index (χ0v) is 9.94. The van der Waals surface area contributed by atoms with Crippen molar-refractivity contribution in [2.75, 3.05) is 5.73 Å². The molecule has 0 atom stereocenters. The fourth-order valence-electron chi connectivity index (χ4n) is 1.68. The van der Waals surface area contributed by atoms with E-state index in [0.29, 0.717) is 5.82 Å². The molecule has 2 N–H and O–H groups in total. The Bertz CT molecular complexity index is 478. The summed E-state index contributed by atoms with van der Waals surface area (Å²) in [6, 6.07) is 9.99. The van der Waals surface area contributed by atoms with E-state index in [2.05, 4.69) is 25.9 Å². The largest absolute Gasteiger partial charge is 0.382 e. The number of benzene rings is 1. The van der Waals surface area contributed by atoms with Crippen molar-refractivity contribution >= 4 is 5.82 Å².